The van der Waals surface area contributed by atoms with Gasteiger partial charge < -0.3 is 14.2 Å². The van der Waals surface area contributed by atoms with Crippen LogP contribution in [0.4, 0.5) is 0 Å². The van der Waals surface area contributed by atoms with E-state index in [4.69, 9.17) is 14.2 Å². The van der Waals surface area contributed by atoms with Gasteiger partial charge in [0.25, 0.3) is 5.56 Å². The summed E-state index contributed by atoms with van der Waals surface area (Å²) in [7, 11) is 0. The highest BCUT2D eigenvalue weighted by Gasteiger charge is 2.26. The molecule has 1 atom stereocenters. The number of thiophene rings is 1. The molecule has 0 radical (unpaired) electrons. The predicted molar refractivity (Wildman–Crippen MR) is 117 cm³/mol. The van der Waals surface area contributed by atoms with Crippen molar-refractivity contribution in [2.45, 2.75) is 40.3 Å². The number of carbonyl (C=O) groups excluding carboxylic acids is 1. The third-order valence-corrected chi connectivity index (χ3v) is 6.86. The number of rotatable bonds is 6. The van der Waals surface area contributed by atoms with E-state index in [2.05, 4.69) is 19.9 Å². The van der Waals surface area contributed by atoms with Gasteiger partial charge in [0.05, 0.1) is 23.7 Å². The molecule has 0 bridgehead atoms. The molecule has 1 N–H and O–H groups in total. The summed E-state index contributed by atoms with van der Waals surface area (Å²) >= 11 is 1.22. The smallest absolute Gasteiger partial charge is 0.348 e. The van der Waals surface area contributed by atoms with E-state index in [1.807, 2.05) is 19.9 Å². The van der Waals surface area contributed by atoms with Gasteiger partial charge in [-0.3, -0.25) is 14.6 Å². The van der Waals surface area contributed by atoms with Crippen molar-refractivity contribution in [1.29, 1.82) is 0 Å². The van der Waals surface area contributed by atoms with Crippen molar-refractivity contribution >= 4 is 27.5 Å². The molecule has 31 heavy (non-hydrogen) atoms. The molecule has 1 aliphatic heterocycles. The molecule has 4 heterocycles. The molecule has 166 valence electrons. The van der Waals surface area contributed by atoms with Crippen LogP contribution in [0.1, 0.15) is 52.4 Å². The van der Waals surface area contributed by atoms with Crippen LogP contribution in [-0.4, -0.2) is 63.7 Å². The van der Waals surface area contributed by atoms with Gasteiger partial charge in [-0.15, -0.1) is 11.3 Å². The quantitative estimate of drug-likeness (QED) is 0.578. The van der Waals surface area contributed by atoms with E-state index in [0.29, 0.717) is 33.1 Å². The summed E-state index contributed by atoms with van der Waals surface area (Å²) in [4.78, 5) is 38.3. The van der Waals surface area contributed by atoms with Crippen LogP contribution in [0.25, 0.3) is 10.2 Å². The lowest BCUT2D eigenvalue weighted by atomic mass is 10.2. The van der Waals surface area contributed by atoms with E-state index < -0.39 is 5.97 Å². The summed E-state index contributed by atoms with van der Waals surface area (Å²) in [6.07, 6.45) is 0. The molecule has 0 saturated carbocycles. The van der Waals surface area contributed by atoms with E-state index in [-0.39, 0.29) is 11.6 Å². The molecule has 1 aliphatic rings. The lowest BCUT2D eigenvalue weighted by molar-refractivity contribution is 0.0531. The third-order valence-electron chi connectivity index (χ3n) is 5.69. The summed E-state index contributed by atoms with van der Waals surface area (Å²) < 4.78 is 10.3. The standard InChI is InChI=1S/C21H27N5O4S/c1-5-29-21(28)17-13(3)16-19(27)22-18(23-20(16)31-17)14(4)26-8-6-25(7-9-26)11-15-10-12(2)30-24-15/h10,14H,5-9,11H2,1-4H3,(H,22,23,27). The van der Waals surface area contributed by atoms with E-state index in [1.54, 1.807) is 13.8 Å². The number of nitrogens with one attached hydrogen (secondary N) is 1. The Kier molecular flexibility index (Phi) is 6.22. The molecule has 1 unspecified atom stereocenters. The maximum atomic E-state index is 12.8. The lowest BCUT2D eigenvalue weighted by Gasteiger charge is -2.37. The van der Waals surface area contributed by atoms with Crippen molar-refractivity contribution in [3.63, 3.8) is 0 Å². The molecule has 0 aliphatic carbocycles. The average Bonchev–Trinajstić information content (AvgIpc) is 3.31. The minimum Gasteiger partial charge on any atom is -0.462 e. The lowest BCUT2D eigenvalue weighted by Crippen LogP contribution is -2.47. The second kappa shape index (κ2) is 8.89. The molecule has 0 aromatic carbocycles. The van der Waals surface area contributed by atoms with Gasteiger partial charge in [-0.2, -0.15) is 0 Å². The molecule has 10 heteroatoms. The molecule has 3 aromatic rings. The summed E-state index contributed by atoms with van der Waals surface area (Å²) in [5.41, 5.74) is 1.36. The monoisotopic (exact) mass is 445 g/mol. The Morgan fingerprint density at radius 3 is 2.71 bits per heavy atom. The molecule has 3 aromatic heterocycles. The molecule has 1 fully saturated rings. The summed E-state index contributed by atoms with van der Waals surface area (Å²) in [5, 5.41) is 4.54. The van der Waals surface area contributed by atoms with Gasteiger partial charge in [0.1, 0.15) is 21.3 Å². The van der Waals surface area contributed by atoms with Crippen LogP contribution in [-0.2, 0) is 11.3 Å². The number of aromatic nitrogens is 3. The number of esters is 1. The second-order valence-corrected chi connectivity index (χ2v) is 8.82. The number of fused-ring (bicyclic) bond motifs is 1. The minimum atomic E-state index is -0.407. The van der Waals surface area contributed by atoms with E-state index in [9.17, 15) is 9.59 Å². The summed E-state index contributed by atoms with van der Waals surface area (Å²) in [5.74, 6) is 1.03. The van der Waals surface area contributed by atoms with Crippen LogP contribution in [0.15, 0.2) is 15.4 Å². The van der Waals surface area contributed by atoms with Crippen LogP contribution in [0, 0.1) is 13.8 Å². The molecule has 0 spiro atoms. The SMILES string of the molecule is CCOC(=O)c1sc2nc(C(C)N3CCN(Cc4cc(C)on4)CC3)[nH]c(=O)c2c1C. The first kappa shape index (κ1) is 21.7. The Balaban J connectivity index is 1.48. The van der Waals surface area contributed by atoms with Crippen molar-refractivity contribution in [2.75, 3.05) is 32.8 Å². The molecular weight excluding hydrogens is 418 g/mol. The normalized spacial score (nSPS) is 16.6. The first-order chi connectivity index (χ1) is 14.9. The van der Waals surface area contributed by atoms with Crippen LogP contribution in [0.3, 0.4) is 0 Å². The molecule has 9 nitrogen and oxygen atoms in total. The average molecular weight is 446 g/mol. The number of hydrogen-bond acceptors (Lipinski definition) is 9. The first-order valence-electron chi connectivity index (χ1n) is 10.5. The Morgan fingerprint density at radius 2 is 2.06 bits per heavy atom. The Morgan fingerprint density at radius 1 is 1.32 bits per heavy atom. The van der Waals surface area contributed by atoms with Gasteiger partial charge >= 0.3 is 5.97 Å². The Labute approximate surface area is 184 Å². The summed E-state index contributed by atoms with van der Waals surface area (Å²) in [6, 6.07) is 1.92. The van der Waals surface area contributed by atoms with Gasteiger partial charge in [0.2, 0.25) is 0 Å². The van der Waals surface area contributed by atoms with Gasteiger partial charge in [0.15, 0.2) is 0 Å². The topological polar surface area (TPSA) is 105 Å². The zero-order valence-corrected chi connectivity index (χ0v) is 19.0. The Hall–Kier alpha value is -2.56. The van der Waals surface area contributed by atoms with Gasteiger partial charge in [-0.05, 0) is 33.3 Å². The van der Waals surface area contributed by atoms with Crippen molar-refractivity contribution in [2.24, 2.45) is 0 Å². The molecule has 0 amide bonds. The maximum Gasteiger partial charge on any atom is 0.348 e. The van der Waals surface area contributed by atoms with E-state index in [0.717, 1.165) is 44.2 Å². The number of hydrogen-bond donors (Lipinski definition) is 1. The zero-order chi connectivity index (χ0) is 22.1. The number of piperazine rings is 1. The highest BCUT2D eigenvalue weighted by Crippen LogP contribution is 2.29. The highest BCUT2D eigenvalue weighted by molar-refractivity contribution is 7.20. The fourth-order valence-corrected chi connectivity index (χ4v) is 5.04. The summed E-state index contributed by atoms with van der Waals surface area (Å²) in [6.45, 7) is 12.0. The first-order valence-corrected chi connectivity index (χ1v) is 11.3. The molecular formula is C21H27N5O4S. The Bertz CT molecular complexity index is 1140. The van der Waals surface area contributed by atoms with Crippen LogP contribution < -0.4 is 5.56 Å². The second-order valence-electron chi connectivity index (χ2n) is 7.82. The minimum absolute atomic E-state index is 0.0398. The fourth-order valence-electron chi connectivity index (χ4n) is 3.95. The van der Waals surface area contributed by atoms with Crippen LogP contribution >= 0.6 is 11.3 Å². The number of aromatic amines is 1. The van der Waals surface area contributed by atoms with Crippen LogP contribution in [0.5, 0.6) is 0 Å². The molecule has 4 rings (SSSR count). The van der Waals surface area contributed by atoms with E-state index >= 15 is 0 Å². The largest absolute Gasteiger partial charge is 0.462 e. The van der Waals surface area contributed by atoms with Crippen molar-refractivity contribution in [3.05, 3.63) is 44.1 Å². The van der Waals surface area contributed by atoms with Crippen LogP contribution in [0.2, 0.25) is 0 Å². The van der Waals surface area contributed by atoms with E-state index in [1.165, 1.54) is 11.3 Å². The third kappa shape index (κ3) is 4.41. The number of aryl methyl sites for hydroxylation is 2. The number of ether oxygens (including phenoxy) is 1. The van der Waals surface area contributed by atoms with Gasteiger partial charge in [0, 0.05) is 38.8 Å². The maximum absolute atomic E-state index is 12.8. The number of H-pyrrole nitrogens is 1. The van der Waals surface area contributed by atoms with Crippen molar-refractivity contribution in [3.8, 4) is 0 Å². The van der Waals surface area contributed by atoms with Crippen molar-refractivity contribution in [1.82, 2.24) is 24.9 Å². The fraction of sp³-hybridized carbons (Fsp3) is 0.524. The van der Waals surface area contributed by atoms with Gasteiger partial charge in [-0.1, -0.05) is 5.16 Å². The van der Waals surface area contributed by atoms with Crippen molar-refractivity contribution < 1.29 is 14.1 Å². The number of carbonyl (C=O) groups is 1. The molecule has 1 saturated heterocycles. The zero-order valence-electron chi connectivity index (χ0n) is 18.2. The highest BCUT2D eigenvalue weighted by atomic mass is 32.1. The number of nitrogens with zero attached hydrogens (tertiary/aromatic N) is 4. The van der Waals surface area contributed by atoms with Gasteiger partial charge in [-0.25, -0.2) is 9.78 Å². The predicted octanol–water partition coefficient (Wildman–Crippen LogP) is 2.64.